The molecular weight excluding hydrogens is 287 g/mol. The lowest BCUT2D eigenvalue weighted by Gasteiger charge is -2.06. The molecule has 0 aliphatic carbocycles. The van der Waals surface area contributed by atoms with Crippen LogP contribution in [0.15, 0.2) is 34.3 Å². The van der Waals surface area contributed by atoms with Crippen LogP contribution in [0.4, 0.5) is 0 Å². The lowest BCUT2D eigenvalue weighted by Crippen LogP contribution is -2.06. The van der Waals surface area contributed by atoms with Gasteiger partial charge in [-0.2, -0.15) is 0 Å². The van der Waals surface area contributed by atoms with Crippen molar-refractivity contribution in [3.63, 3.8) is 0 Å². The first kappa shape index (κ1) is 13.5. The van der Waals surface area contributed by atoms with Crippen LogP contribution in [-0.4, -0.2) is 5.78 Å². The molecule has 0 saturated carbocycles. The summed E-state index contributed by atoms with van der Waals surface area (Å²) in [4.78, 5) is 11.9. The van der Waals surface area contributed by atoms with Crippen LogP contribution in [0, 0.1) is 0 Å². The molecule has 0 fully saturated rings. The van der Waals surface area contributed by atoms with E-state index in [0.29, 0.717) is 11.4 Å². The molecule has 0 spiro atoms. The quantitative estimate of drug-likeness (QED) is 0.745. The number of rotatable bonds is 4. The number of halogens is 2. The van der Waals surface area contributed by atoms with Crippen molar-refractivity contribution in [3.05, 3.63) is 44.9 Å². The van der Waals surface area contributed by atoms with Gasteiger partial charge in [-0.05, 0) is 36.6 Å². The van der Waals surface area contributed by atoms with E-state index in [1.54, 1.807) is 0 Å². The number of carbonyl (C=O) groups excluding carboxylic acids is 1. The Morgan fingerprint density at radius 2 is 2.19 bits per heavy atom. The van der Waals surface area contributed by atoms with Gasteiger partial charge in [-0.15, -0.1) is 0 Å². The highest BCUT2D eigenvalue weighted by molar-refractivity contribution is 9.10. The summed E-state index contributed by atoms with van der Waals surface area (Å²) < 4.78 is 0.926. The zero-order chi connectivity index (χ0) is 12.1. The monoisotopic (exact) mass is 300 g/mol. The molecule has 86 valence electrons. The summed E-state index contributed by atoms with van der Waals surface area (Å²) in [5.74, 6) is 0.147. The van der Waals surface area contributed by atoms with E-state index >= 15 is 0 Å². The Morgan fingerprint density at radius 3 is 2.69 bits per heavy atom. The molecule has 0 amide bonds. The van der Waals surface area contributed by atoms with Gasteiger partial charge in [0.15, 0.2) is 5.78 Å². The first-order valence-electron chi connectivity index (χ1n) is 5.20. The SMILES string of the molecule is C/C=C(/CC)C(=O)Cc1ccc(Br)cc1Cl. The van der Waals surface area contributed by atoms with Gasteiger partial charge in [0.05, 0.1) is 0 Å². The molecule has 0 saturated heterocycles. The number of allylic oxidation sites excluding steroid dienone is 2. The van der Waals surface area contributed by atoms with E-state index < -0.39 is 0 Å². The zero-order valence-electron chi connectivity index (χ0n) is 9.39. The third-order valence-electron chi connectivity index (χ3n) is 2.45. The minimum atomic E-state index is 0.147. The number of carbonyl (C=O) groups is 1. The number of hydrogen-bond donors (Lipinski definition) is 0. The minimum Gasteiger partial charge on any atom is -0.294 e. The molecular formula is C13H14BrClO. The van der Waals surface area contributed by atoms with Crippen molar-refractivity contribution < 1.29 is 4.79 Å². The molecule has 0 bridgehead atoms. The standard InChI is InChI=1S/C13H14BrClO/c1-3-9(4-2)13(16)7-10-5-6-11(14)8-12(10)15/h3,5-6,8H,4,7H2,1-2H3/b9-3-. The Balaban J connectivity index is 2.85. The Kier molecular flexibility index (Phi) is 5.23. The smallest absolute Gasteiger partial charge is 0.162 e. The van der Waals surface area contributed by atoms with E-state index in [2.05, 4.69) is 15.9 Å². The molecule has 0 aromatic heterocycles. The zero-order valence-corrected chi connectivity index (χ0v) is 11.7. The van der Waals surface area contributed by atoms with Gasteiger partial charge in [-0.3, -0.25) is 4.79 Å². The lowest BCUT2D eigenvalue weighted by molar-refractivity contribution is -0.115. The molecule has 1 rings (SSSR count). The van der Waals surface area contributed by atoms with E-state index in [1.807, 2.05) is 38.1 Å². The van der Waals surface area contributed by atoms with E-state index in [-0.39, 0.29) is 5.78 Å². The van der Waals surface area contributed by atoms with Crippen LogP contribution < -0.4 is 0 Å². The largest absolute Gasteiger partial charge is 0.294 e. The fourth-order valence-electron chi connectivity index (χ4n) is 1.51. The highest BCUT2D eigenvalue weighted by Crippen LogP contribution is 2.22. The second-order valence-corrected chi connectivity index (χ2v) is 4.83. The highest BCUT2D eigenvalue weighted by atomic mass is 79.9. The van der Waals surface area contributed by atoms with Crippen molar-refractivity contribution in [2.45, 2.75) is 26.7 Å². The van der Waals surface area contributed by atoms with E-state index in [4.69, 9.17) is 11.6 Å². The van der Waals surface area contributed by atoms with Crippen molar-refractivity contribution in [3.8, 4) is 0 Å². The van der Waals surface area contributed by atoms with Gasteiger partial charge in [-0.1, -0.05) is 46.6 Å². The van der Waals surface area contributed by atoms with Gasteiger partial charge in [0, 0.05) is 15.9 Å². The second kappa shape index (κ2) is 6.21. The van der Waals surface area contributed by atoms with Crippen LogP contribution in [0.1, 0.15) is 25.8 Å². The van der Waals surface area contributed by atoms with Crippen LogP contribution in [0.2, 0.25) is 5.02 Å². The van der Waals surface area contributed by atoms with Crippen molar-refractivity contribution in [1.82, 2.24) is 0 Å². The van der Waals surface area contributed by atoms with Crippen LogP contribution in [0.5, 0.6) is 0 Å². The molecule has 1 aromatic rings. The Hall–Kier alpha value is -0.600. The van der Waals surface area contributed by atoms with Crippen LogP contribution in [0.3, 0.4) is 0 Å². The normalized spacial score (nSPS) is 11.6. The Labute approximate surface area is 110 Å². The minimum absolute atomic E-state index is 0.147. The highest BCUT2D eigenvalue weighted by Gasteiger charge is 2.10. The Bertz CT molecular complexity index is 424. The van der Waals surface area contributed by atoms with Crippen molar-refractivity contribution in [1.29, 1.82) is 0 Å². The van der Waals surface area contributed by atoms with Crippen LogP contribution in [-0.2, 0) is 11.2 Å². The van der Waals surface area contributed by atoms with Gasteiger partial charge >= 0.3 is 0 Å². The maximum Gasteiger partial charge on any atom is 0.162 e. The third-order valence-corrected chi connectivity index (χ3v) is 3.30. The molecule has 1 nitrogen and oxygen atoms in total. The topological polar surface area (TPSA) is 17.1 Å². The van der Waals surface area contributed by atoms with Gasteiger partial charge < -0.3 is 0 Å². The predicted octanol–water partition coefficient (Wildman–Crippen LogP) is 4.57. The average Bonchev–Trinajstić information content (AvgIpc) is 2.24. The molecule has 0 N–H and O–H groups in total. The summed E-state index contributed by atoms with van der Waals surface area (Å²) in [6.07, 6.45) is 3.01. The third kappa shape index (κ3) is 3.46. The molecule has 1 aromatic carbocycles. The maximum atomic E-state index is 11.9. The molecule has 3 heteroatoms. The summed E-state index contributed by atoms with van der Waals surface area (Å²) in [5.41, 5.74) is 1.74. The summed E-state index contributed by atoms with van der Waals surface area (Å²) in [6.45, 7) is 3.87. The molecule has 0 atom stereocenters. The van der Waals surface area contributed by atoms with Gasteiger partial charge in [-0.25, -0.2) is 0 Å². The number of benzene rings is 1. The fourth-order valence-corrected chi connectivity index (χ4v) is 2.25. The summed E-state index contributed by atoms with van der Waals surface area (Å²) in [6, 6.07) is 5.59. The van der Waals surface area contributed by atoms with E-state index in [1.165, 1.54) is 0 Å². The van der Waals surface area contributed by atoms with Crippen LogP contribution in [0.25, 0.3) is 0 Å². The van der Waals surface area contributed by atoms with Gasteiger partial charge in [0.25, 0.3) is 0 Å². The first-order valence-corrected chi connectivity index (χ1v) is 6.37. The lowest BCUT2D eigenvalue weighted by atomic mass is 10.0. The fraction of sp³-hybridized carbons (Fsp3) is 0.308. The molecule has 0 heterocycles. The van der Waals surface area contributed by atoms with Gasteiger partial charge in [0.2, 0.25) is 0 Å². The molecule has 0 radical (unpaired) electrons. The molecule has 16 heavy (non-hydrogen) atoms. The predicted molar refractivity (Wildman–Crippen MR) is 71.9 cm³/mol. The van der Waals surface area contributed by atoms with E-state index in [9.17, 15) is 4.79 Å². The van der Waals surface area contributed by atoms with Crippen molar-refractivity contribution in [2.75, 3.05) is 0 Å². The number of ketones is 1. The van der Waals surface area contributed by atoms with Crippen molar-refractivity contribution >= 4 is 33.3 Å². The average molecular weight is 302 g/mol. The second-order valence-electron chi connectivity index (χ2n) is 3.50. The van der Waals surface area contributed by atoms with E-state index in [0.717, 1.165) is 22.0 Å². The number of hydrogen-bond acceptors (Lipinski definition) is 1. The summed E-state index contributed by atoms with van der Waals surface area (Å²) >= 11 is 9.40. The first-order chi connectivity index (χ1) is 7.58. The summed E-state index contributed by atoms with van der Waals surface area (Å²) in [5, 5.41) is 0.634. The Morgan fingerprint density at radius 1 is 1.50 bits per heavy atom. The van der Waals surface area contributed by atoms with Crippen LogP contribution >= 0.6 is 27.5 Å². The summed E-state index contributed by atoms with van der Waals surface area (Å²) in [7, 11) is 0. The molecule has 0 aliphatic heterocycles. The molecule has 0 aliphatic rings. The van der Waals surface area contributed by atoms with Crippen molar-refractivity contribution in [2.24, 2.45) is 0 Å². The molecule has 0 unspecified atom stereocenters. The van der Waals surface area contributed by atoms with Gasteiger partial charge in [0.1, 0.15) is 0 Å². The number of Topliss-reactive ketones (excluding diaryl/α,β-unsaturated/α-hetero) is 1. The maximum absolute atomic E-state index is 11.9.